The lowest BCUT2D eigenvalue weighted by molar-refractivity contribution is 0.188. The number of halogens is 1. The van der Waals surface area contributed by atoms with Crippen LogP contribution in [0.25, 0.3) is 0 Å². The normalized spacial score (nSPS) is 24.0. The molecule has 4 nitrogen and oxygen atoms in total. The maximum absolute atomic E-state index is 12.0. The minimum Gasteiger partial charge on any atom is -0.379 e. The van der Waals surface area contributed by atoms with Gasteiger partial charge in [0.1, 0.15) is 6.67 Å². The van der Waals surface area contributed by atoms with Gasteiger partial charge in [-0.3, -0.25) is 0 Å². The van der Waals surface area contributed by atoms with Crippen LogP contribution in [0.1, 0.15) is 13.3 Å². The van der Waals surface area contributed by atoms with Crippen LogP contribution >= 0.6 is 0 Å². The Bertz CT molecular complexity index is 172. The van der Waals surface area contributed by atoms with Crippen molar-refractivity contribution in [3.05, 3.63) is 0 Å². The molecule has 2 amide bonds. The number of carbonyl (C=O) groups is 1. The fraction of sp³-hybridized carbons (Fsp3) is 0.875. The van der Waals surface area contributed by atoms with Crippen LogP contribution in [0.5, 0.6) is 0 Å². The van der Waals surface area contributed by atoms with E-state index < -0.39 is 12.7 Å². The highest BCUT2D eigenvalue weighted by Gasteiger charge is 2.18. The van der Waals surface area contributed by atoms with Crippen molar-refractivity contribution in [3.8, 4) is 0 Å². The van der Waals surface area contributed by atoms with Crippen molar-refractivity contribution >= 4 is 6.03 Å². The third-order valence-electron chi connectivity index (χ3n) is 1.87. The Kier molecular flexibility index (Phi) is 3.95. The van der Waals surface area contributed by atoms with Crippen LogP contribution in [0.3, 0.4) is 0 Å². The van der Waals surface area contributed by atoms with Crippen LogP contribution < -0.4 is 10.6 Å². The van der Waals surface area contributed by atoms with Gasteiger partial charge in [0.05, 0.1) is 18.7 Å². The molecule has 0 bridgehead atoms. The summed E-state index contributed by atoms with van der Waals surface area (Å²) in [6.45, 7) is 2.31. The van der Waals surface area contributed by atoms with Crippen molar-refractivity contribution in [3.63, 3.8) is 0 Å². The van der Waals surface area contributed by atoms with Crippen molar-refractivity contribution in [1.29, 1.82) is 0 Å². The van der Waals surface area contributed by atoms with Crippen LogP contribution in [-0.2, 0) is 4.74 Å². The van der Waals surface area contributed by atoms with E-state index in [0.29, 0.717) is 13.2 Å². The zero-order chi connectivity index (χ0) is 9.68. The molecule has 1 rings (SSSR count). The van der Waals surface area contributed by atoms with Gasteiger partial charge in [0.15, 0.2) is 0 Å². The molecule has 5 heteroatoms. The summed E-state index contributed by atoms with van der Waals surface area (Å²) < 4.78 is 17.1. The van der Waals surface area contributed by atoms with E-state index in [9.17, 15) is 9.18 Å². The topological polar surface area (TPSA) is 50.4 Å². The predicted molar refractivity (Wildman–Crippen MR) is 46.3 cm³/mol. The molecule has 0 aromatic heterocycles. The molecule has 1 aliphatic heterocycles. The van der Waals surface area contributed by atoms with Crippen molar-refractivity contribution in [2.45, 2.75) is 25.4 Å². The maximum atomic E-state index is 12.0. The minimum atomic E-state index is -0.547. The highest BCUT2D eigenvalue weighted by Crippen LogP contribution is 2.02. The monoisotopic (exact) mass is 190 g/mol. The molecule has 2 N–H and O–H groups in total. The molecule has 1 aliphatic rings. The molecule has 1 saturated heterocycles. The first-order chi connectivity index (χ1) is 6.22. The number of nitrogens with one attached hydrogen (secondary N) is 2. The fourth-order valence-corrected chi connectivity index (χ4v) is 1.14. The number of rotatable bonds is 3. The van der Waals surface area contributed by atoms with E-state index in [2.05, 4.69) is 10.6 Å². The summed E-state index contributed by atoms with van der Waals surface area (Å²) >= 11 is 0. The van der Waals surface area contributed by atoms with Gasteiger partial charge in [0.25, 0.3) is 0 Å². The molecule has 0 spiro atoms. The molecule has 0 aromatic carbocycles. The van der Waals surface area contributed by atoms with Gasteiger partial charge in [0.2, 0.25) is 0 Å². The van der Waals surface area contributed by atoms with Gasteiger partial charge in [-0.2, -0.15) is 0 Å². The number of amides is 2. The van der Waals surface area contributed by atoms with E-state index in [4.69, 9.17) is 4.74 Å². The van der Waals surface area contributed by atoms with E-state index in [1.165, 1.54) is 0 Å². The first-order valence-corrected chi connectivity index (χ1v) is 4.43. The fourth-order valence-electron chi connectivity index (χ4n) is 1.14. The van der Waals surface area contributed by atoms with Crippen LogP contribution in [0.4, 0.5) is 9.18 Å². The summed E-state index contributed by atoms with van der Waals surface area (Å²) in [5.41, 5.74) is 0. The lowest BCUT2D eigenvalue weighted by Gasteiger charge is -2.14. The maximum Gasteiger partial charge on any atom is 0.315 e. The molecule has 0 aliphatic carbocycles. The van der Waals surface area contributed by atoms with E-state index in [1.807, 2.05) is 0 Å². The molecule has 0 radical (unpaired) electrons. The number of hydrogen-bond acceptors (Lipinski definition) is 2. The second-order valence-electron chi connectivity index (χ2n) is 3.23. The smallest absolute Gasteiger partial charge is 0.315 e. The van der Waals surface area contributed by atoms with Gasteiger partial charge in [-0.1, -0.05) is 0 Å². The first-order valence-electron chi connectivity index (χ1n) is 4.43. The second-order valence-corrected chi connectivity index (χ2v) is 3.23. The molecule has 1 unspecified atom stereocenters. The van der Waals surface area contributed by atoms with Crippen LogP contribution in [-0.4, -0.2) is 38.0 Å². The quantitative estimate of drug-likeness (QED) is 0.678. The van der Waals surface area contributed by atoms with Crippen LogP contribution in [0.2, 0.25) is 0 Å². The number of hydrogen-bond donors (Lipinski definition) is 2. The summed E-state index contributed by atoms with van der Waals surface area (Å²) in [6.07, 6.45) is 0.831. The SMILES string of the molecule is C[C@@H](CF)NC(=O)NC1CCOC1. The summed E-state index contributed by atoms with van der Waals surface area (Å²) in [5.74, 6) is 0. The number of ether oxygens (including phenoxy) is 1. The van der Waals surface area contributed by atoms with Crippen LogP contribution in [0, 0.1) is 0 Å². The Morgan fingerprint density at radius 3 is 3.08 bits per heavy atom. The van der Waals surface area contributed by atoms with E-state index in [-0.39, 0.29) is 12.1 Å². The van der Waals surface area contributed by atoms with Gasteiger partial charge >= 0.3 is 6.03 Å². The Hall–Kier alpha value is -0.840. The molecule has 76 valence electrons. The molecule has 1 heterocycles. The lowest BCUT2D eigenvalue weighted by Crippen LogP contribution is -2.46. The number of carbonyl (C=O) groups excluding carboxylic acids is 1. The first kappa shape index (κ1) is 10.2. The van der Waals surface area contributed by atoms with Crippen molar-refractivity contribution < 1.29 is 13.9 Å². The third-order valence-corrected chi connectivity index (χ3v) is 1.87. The van der Waals surface area contributed by atoms with Gasteiger partial charge in [-0.05, 0) is 13.3 Å². The third kappa shape index (κ3) is 3.59. The van der Waals surface area contributed by atoms with Gasteiger partial charge in [0, 0.05) is 6.61 Å². The van der Waals surface area contributed by atoms with E-state index in [1.54, 1.807) is 6.92 Å². The zero-order valence-electron chi connectivity index (χ0n) is 7.68. The molecule has 2 atom stereocenters. The Balaban J connectivity index is 2.16. The molecule has 1 fully saturated rings. The summed E-state index contributed by atoms with van der Waals surface area (Å²) in [7, 11) is 0. The molecule has 13 heavy (non-hydrogen) atoms. The molecular weight excluding hydrogens is 175 g/mol. The van der Waals surface area contributed by atoms with Crippen molar-refractivity contribution in [1.82, 2.24) is 10.6 Å². The van der Waals surface area contributed by atoms with Gasteiger partial charge in [-0.25, -0.2) is 9.18 Å². The average molecular weight is 190 g/mol. The van der Waals surface area contributed by atoms with E-state index in [0.717, 1.165) is 6.42 Å². The predicted octanol–water partition coefficient (Wildman–Crippen LogP) is 0.432. The molecule has 0 saturated carbocycles. The minimum absolute atomic E-state index is 0.0758. The lowest BCUT2D eigenvalue weighted by atomic mass is 10.3. The summed E-state index contributed by atoms with van der Waals surface area (Å²) in [5, 5.41) is 5.18. The Labute approximate surface area is 76.8 Å². The summed E-state index contributed by atoms with van der Waals surface area (Å²) in [6, 6.07) is -0.671. The van der Waals surface area contributed by atoms with Crippen LogP contribution in [0.15, 0.2) is 0 Å². The second kappa shape index (κ2) is 5.01. The van der Waals surface area contributed by atoms with Gasteiger partial charge < -0.3 is 15.4 Å². The highest BCUT2D eigenvalue weighted by molar-refractivity contribution is 5.74. The number of urea groups is 1. The highest BCUT2D eigenvalue weighted by atomic mass is 19.1. The molecule has 0 aromatic rings. The van der Waals surface area contributed by atoms with Gasteiger partial charge in [-0.15, -0.1) is 0 Å². The standard InChI is InChI=1S/C8H15FN2O2/c1-6(4-9)10-8(12)11-7-2-3-13-5-7/h6-7H,2-5H2,1H3,(H2,10,11,12)/t6-,7?/m0/s1. The van der Waals surface area contributed by atoms with Crippen molar-refractivity contribution in [2.24, 2.45) is 0 Å². The molecular formula is C8H15FN2O2. The summed E-state index contributed by atoms with van der Waals surface area (Å²) in [4.78, 5) is 11.1. The Morgan fingerprint density at radius 2 is 2.54 bits per heavy atom. The number of alkyl halides is 1. The largest absolute Gasteiger partial charge is 0.379 e. The average Bonchev–Trinajstić information content (AvgIpc) is 2.56. The van der Waals surface area contributed by atoms with Crippen molar-refractivity contribution in [2.75, 3.05) is 19.9 Å². The Morgan fingerprint density at radius 1 is 1.77 bits per heavy atom. The van der Waals surface area contributed by atoms with E-state index >= 15 is 0 Å². The zero-order valence-corrected chi connectivity index (χ0v) is 7.68.